The molecule has 0 saturated carbocycles. The molecule has 0 aromatic rings. The first-order valence-electron chi connectivity index (χ1n) is 1.75. The lowest BCUT2D eigenvalue weighted by Gasteiger charge is -2.05. The van der Waals surface area contributed by atoms with Crippen molar-refractivity contribution in [1.82, 2.24) is 4.90 Å². The first-order valence-corrected chi connectivity index (χ1v) is 1.75. The molecule has 0 atom stereocenters. The normalized spacial score (nSPS) is 7.67. The molecule has 0 bridgehead atoms. The van der Waals surface area contributed by atoms with E-state index in [0.717, 1.165) is 0 Å². The number of aliphatic hydroxyl groups is 1. The van der Waals surface area contributed by atoms with Gasteiger partial charge in [-0.3, -0.25) is 0 Å². The highest BCUT2D eigenvalue weighted by atomic mass is 16.3. The van der Waals surface area contributed by atoms with Crippen LogP contribution in [0.3, 0.4) is 0 Å². The predicted molar refractivity (Wildman–Crippen MR) is 25.0 cm³/mol. The van der Waals surface area contributed by atoms with Crippen molar-refractivity contribution in [2.45, 2.75) is 0 Å². The predicted octanol–water partition coefficient (Wildman–Crippen LogP) is 0.0115. The van der Waals surface area contributed by atoms with Crippen molar-refractivity contribution in [2.24, 2.45) is 0 Å². The largest absolute Gasteiger partial charge is 0.376 e. The van der Waals surface area contributed by atoms with Gasteiger partial charge in [-0.15, -0.1) is 0 Å². The SMILES string of the molecule is C=CN(C)CO. The Morgan fingerprint density at radius 3 is 2.50 bits per heavy atom. The van der Waals surface area contributed by atoms with Gasteiger partial charge in [-0.25, -0.2) is 0 Å². The van der Waals surface area contributed by atoms with Gasteiger partial charge in [0.1, 0.15) is 6.73 Å². The Kier molecular flexibility index (Phi) is 2.50. The maximum absolute atomic E-state index is 8.19. The number of rotatable bonds is 2. The van der Waals surface area contributed by atoms with E-state index >= 15 is 0 Å². The molecule has 0 unspecified atom stereocenters. The third kappa shape index (κ3) is 1.79. The van der Waals surface area contributed by atoms with E-state index < -0.39 is 0 Å². The summed E-state index contributed by atoms with van der Waals surface area (Å²) in [5.74, 6) is 0. The van der Waals surface area contributed by atoms with Gasteiger partial charge in [0.2, 0.25) is 0 Å². The minimum Gasteiger partial charge on any atom is -0.376 e. The van der Waals surface area contributed by atoms with E-state index in [9.17, 15) is 0 Å². The molecule has 6 heavy (non-hydrogen) atoms. The summed E-state index contributed by atoms with van der Waals surface area (Å²) in [6.07, 6.45) is 1.56. The minimum atomic E-state index is 0.0451. The van der Waals surface area contributed by atoms with E-state index in [2.05, 4.69) is 6.58 Å². The van der Waals surface area contributed by atoms with Crippen LogP contribution in [0.15, 0.2) is 12.8 Å². The summed E-state index contributed by atoms with van der Waals surface area (Å²) in [6, 6.07) is 0. The number of hydrogen-bond acceptors (Lipinski definition) is 2. The Morgan fingerprint density at radius 1 is 2.00 bits per heavy atom. The van der Waals surface area contributed by atoms with Crippen LogP contribution in [0.1, 0.15) is 0 Å². The number of hydrogen-bond donors (Lipinski definition) is 1. The monoisotopic (exact) mass is 87.1 g/mol. The van der Waals surface area contributed by atoms with Crippen LogP contribution in [-0.4, -0.2) is 23.8 Å². The molecule has 0 amide bonds. The van der Waals surface area contributed by atoms with Crippen LogP contribution in [0.2, 0.25) is 0 Å². The molecule has 0 aliphatic carbocycles. The summed E-state index contributed by atoms with van der Waals surface area (Å²) in [6.45, 7) is 3.44. The summed E-state index contributed by atoms with van der Waals surface area (Å²) in [5, 5.41) is 8.19. The van der Waals surface area contributed by atoms with Crippen molar-refractivity contribution in [3.05, 3.63) is 12.8 Å². The van der Waals surface area contributed by atoms with Crippen LogP contribution in [-0.2, 0) is 0 Å². The van der Waals surface area contributed by atoms with Crippen LogP contribution in [0.4, 0.5) is 0 Å². The molecular formula is C4H9NO. The first-order chi connectivity index (χ1) is 2.81. The summed E-state index contributed by atoms with van der Waals surface area (Å²) in [7, 11) is 1.74. The van der Waals surface area contributed by atoms with E-state index in [0.29, 0.717) is 0 Å². The van der Waals surface area contributed by atoms with Gasteiger partial charge >= 0.3 is 0 Å². The molecule has 0 aromatic carbocycles. The lowest BCUT2D eigenvalue weighted by molar-refractivity contribution is 0.175. The standard InChI is InChI=1S/C4H9NO/c1-3-5(2)4-6/h3,6H,1,4H2,2H3. The molecular weight excluding hydrogens is 78.0 g/mol. The molecule has 0 radical (unpaired) electrons. The van der Waals surface area contributed by atoms with Crippen LogP contribution < -0.4 is 0 Å². The fraction of sp³-hybridized carbons (Fsp3) is 0.500. The molecule has 0 saturated heterocycles. The Bertz CT molecular complexity index is 44.8. The van der Waals surface area contributed by atoms with Gasteiger partial charge in [0, 0.05) is 7.05 Å². The fourth-order valence-corrected chi connectivity index (χ4v) is 0.0577. The third-order valence-corrected chi connectivity index (χ3v) is 0.535. The quantitative estimate of drug-likeness (QED) is 0.480. The Labute approximate surface area is 37.7 Å². The zero-order valence-electron chi connectivity index (χ0n) is 3.89. The molecule has 0 aliphatic heterocycles. The van der Waals surface area contributed by atoms with Crippen molar-refractivity contribution < 1.29 is 5.11 Å². The molecule has 36 valence electrons. The van der Waals surface area contributed by atoms with Crippen molar-refractivity contribution in [3.63, 3.8) is 0 Å². The van der Waals surface area contributed by atoms with E-state index in [1.54, 1.807) is 18.1 Å². The molecule has 0 rings (SSSR count). The van der Waals surface area contributed by atoms with Gasteiger partial charge in [-0.05, 0) is 6.20 Å². The molecule has 0 spiro atoms. The van der Waals surface area contributed by atoms with Gasteiger partial charge in [0.15, 0.2) is 0 Å². The Morgan fingerprint density at radius 2 is 2.50 bits per heavy atom. The van der Waals surface area contributed by atoms with E-state index in [-0.39, 0.29) is 6.73 Å². The van der Waals surface area contributed by atoms with Gasteiger partial charge in [-0.1, -0.05) is 6.58 Å². The van der Waals surface area contributed by atoms with Crippen LogP contribution in [0.25, 0.3) is 0 Å². The molecule has 1 N–H and O–H groups in total. The second kappa shape index (κ2) is 2.72. The summed E-state index contributed by atoms with van der Waals surface area (Å²) in [4.78, 5) is 1.57. The highest BCUT2D eigenvalue weighted by Crippen LogP contribution is 1.72. The number of aliphatic hydroxyl groups excluding tert-OH is 1. The maximum atomic E-state index is 8.19. The van der Waals surface area contributed by atoms with Crippen molar-refractivity contribution in [2.75, 3.05) is 13.8 Å². The Balaban J connectivity index is 2.96. The zero-order chi connectivity index (χ0) is 4.99. The van der Waals surface area contributed by atoms with Gasteiger partial charge in [-0.2, -0.15) is 0 Å². The second-order valence-corrected chi connectivity index (χ2v) is 1.08. The smallest absolute Gasteiger partial charge is 0.114 e. The fourth-order valence-electron chi connectivity index (χ4n) is 0.0577. The van der Waals surface area contributed by atoms with Gasteiger partial charge in [0.25, 0.3) is 0 Å². The lowest BCUT2D eigenvalue weighted by atomic mass is 10.8. The lowest BCUT2D eigenvalue weighted by Crippen LogP contribution is -2.09. The molecule has 0 aromatic heterocycles. The topological polar surface area (TPSA) is 23.5 Å². The van der Waals surface area contributed by atoms with Crippen molar-refractivity contribution in [1.29, 1.82) is 0 Å². The third-order valence-electron chi connectivity index (χ3n) is 0.535. The van der Waals surface area contributed by atoms with E-state index in [1.165, 1.54) is 0 Å². The zero-order valence-corrected chi connectivity index (χ0v) is 3.89. The molecule has 2 nitrogen and oxygen atoms in total. The van der Waals surface area contributed by atoms with Gasteiger partial charge in [0.05, 0.1) is 0 Å². The average Bonchev–Trinajstić information content (AvgIpc) is 1.65. The molecule has 0 heterocycles. The first kappa shape index (κ1) is 5.50. The highest BCUT2D eigenvalue weighted by molar-refractivity contribution is 4.60. The highest BCUT2D eigenvalue weighted by Gasteiger charge is 1.75. The van der Waals surface area contributed by atoms with Crippen molar-refractivity contribution in [3.8, 4) is 0 Å². The van der Waals surface area contributed by atoms with Crippen molar-refractivity contribution >= 4 is 0 Å². The molecule has 0 fully saturated rings. The van der Waals surface area contributed by atoms with E-state index in [1.807, 2.05) is 0 Å². The maximum Gasteiger partial charge on any atom is 0.114 e. The van der Waals surface area contributed by atoms with Crippen LogP contribution in [0.5, 0.6) is 0 Å². The van der Waals surface area contributed by atoms with Crippen LogP contribution >= 0.6 is 0 Å². The van der Waals surface area contributed by atoms with E-state index in [4.69, 9.17) is 5.11 Å². The molecule has 0 aliphatic rings. The van der Waals surface area contributed by atoms with Gasteiger partial charge < -0.3 is 10.0 Å². The Hall–Kier alpha value is -0.500. The second-order valence-electron chi connectivity index (χ2n) is 1.08. The summed E-state index contributed by atoms with van der Waals surface area (Å²) >= 11 is 0. The summed E-state index contributed by atoms with van der Waals surface area (Å²) in [5.41, 5.74) is 0. The minimum absolute atomic E-state index is 0.0451. The summed E-state index contributed by atoms with van der Waals surface area (Å²) < 4.78 is 0. The average molecular weight is 87.1 g/mol. The molecule has 2 heteroatoms. The number of nitrogens with zero attached hydrogens (tertiary/aromatic N) is 1. The van der Waals surface area contributed by atoms with Crippen LogP contribution in [0, 0.1) is 0 Å².